The second-order valence-electron chi connectivity index (χ2n) is 12.5. The topological polar surface area (TPSA) is 132 Å². The molecule has 0 spiro atoms. The lowest BCUT2D eigenvalue weighted by atomic mass is 9.84. The molecule has 3 N–H and O–H groups in total. The van der Waals surface area contributed by atoms with Crippen molar-refractivity contribution in [2.45, 2.75) is 65.5 Å². The fraction of sp³-hybridized carbons (Fsp3) is 0.452. The number of rotatable bonds is 5. The number of carbonyl (C=O) groups is 1. The molecule has 1 saturated heterocycles. The summed E-state index contributed by atoms with van der Waals surface area (Å²) in [7, 11) is 0. The number of hydrogen-bond acceptors (Lipinski definition) is 7. The molecule has 0 radical (unpaired) electrons. The van der Waals surface area contributed by atoms with E-state index >= 15 is 0 Å². The summed E-state index contributed by atoms with van der Waals surface area (Å²) in [4.78, 5) is 39.0. The van der Waals surface area contributed by atoms with Crippen LogP contribution in [0.3, 0.4) is 0 Å². The number of piperazine rings is 1. The first-order chi connectivity index (χ1) is 20.1. The van der Waals surface area contributed by atoms with Crippen molar-refractivity contribution in [2.24, 2.45) is 5.41 Å². The number of aromatic nitrogens is 5. The van der Waals surface area contributed by atoms with Crippen LogP contribution in [0.15, 0.2) is 47.4 Å². The number of hydrogen-bond donors (Lipinski definition) is 3. The lowest BCUT2D eigenvalue weighted by molar-refractivity contribution is 0.0748. The van der Waals surface area contributed by atoms with Gasteiger partial charge in [0.1, 0.15) is 5.65 Å². The van der Waals surface area contributed by atoms with Crippen LogP contribution in [0.2, 0.25) is 0 Å². The maximum atomic E-state index is 13.8. The number of anilines is 3. The smallest absolute Gasteiger partial charge is 0.407 e. The van der Waals surface area contributed by atoms with Crippen molar-refractivity contribution in [1.29, 1.82) is 0 Å². The molecule has 1 aliphatic carbocycles. The van der Waals surface area contributed by atoms with E-state index in [9.17, 15) is 14.7 Å². The highest BCUT2D eigenvalue weighted by molar-refractivity contribution is 5.84. The molecule has 1 unspecified atom stereocenters. The van der Waals surface area contributed by atoms with Crippen molar-refractivity contribution in [3.05, 3.63) is 58.6 Å². The van der Waals surface area contributed by atoms with E-state index in [4.69, 9.17) is 9.97 Å². The van der Waals surface area contributed by atoms with Crippen LogP contribution in [0.25, 0.3) is 22.3 Å². The Balaban J connectivity index is 1.29. The Labute approximate surface area is 244 Å². The van der Waals surface area contributed by atoms with Crippen molar-refractivity contribution in [3.8, 4) is 11.3 Å². The van der Waals surface area contributed by atoms with Crippen molar-refractivity contribution >= 4 is 34.4 Å². The zero-order valence-electron chi connectivity index (χ0n) is 24.6. The summed E-state index contributed by atoms with van der Waals surface area (Å²) >= 11 is 0. The minimum absolute atomic E-state index is 0.0661. The monoisotopic (exact) mass is 570 g/mol. The van der Waals surface area contributed by atoms with Gasteiger partial charge in [-0.3, -0.25) is 14.5 Å². The van der Waals surface area contributed by atoms with Crippen LogP contribution in [-0.4, -0.2) is 66.5 Å². The summed E-state index contributed by atoms with van der Waals surface area (Å²) in [5.41, 5.74) is 4.32. The fourth-order valence-electron chi connectivity index (χ4n) is 6.38. The van der Waals surface area contributed by atoms with Crippen molar-refractivity contribution < 1.29 is 9.90 Å². The van der Waals surface area contributed by atoms with Gasteiger partial charge in [0.15, 0.2) is 0 Å². The number of H-pyrrole nitrogens is 1. The number of pyridine rings is 1. The molecule has 2 aliphatic rings. The standard InChI is InChI=1S/C31H38N8O3/c1-19-23-17-24(25-13-14-32-36-25)28(40)39(22-7-5-6-8-22)27(23)35-29(33-19)34-20-9-11-21(12-10-20)37-15-16-38(30(41)42)26(18-37)31(2,3)4/h9-14,17,22,26H,5-8,15-16,18H2,1-4H3,(H,32,36)(H,41,42)(H,33,34,35). The minimum atomic E-state index is -0.865. The lowest BCUT2D eigenvalue weighted by Gasteiger charge is -2.46. The molecule has 11 heteroatoms. The molecule has 3 aromatic heterocycles. The first kappa shape index (κ1) is 27.7. The second-order valence-corrected chi connectivity index (χ2v) is 12.5. The van der Waals surface area contributed by atoms with E-state index in [1.54, 1.807) is 11.1 Å². The van der Waals surface area contributed by atoms with Crippen LogP contribution in [0.5, 0.6) is 0 Å². The number of nitrogens with zero attached hydrogens (tertiary/aromatic N) is 6. The van der Waals surface area contributed by atoms with Gasteiger partial charge < -0.3 is 20.2 Å². The summed E-state index contributed by atoms with van der Waals surface area (Å²) in [5, 5.41) is 20.9. The SMILES string of the molecule is Cc1nc(Nc2ccc(N3CCN(C(=O)O)C(C(C)(C)C)C3)cc2)nc2c1cc(-c1ccn[nH]1)c(=O)n2C1CCCC1. The lowest BCUT2D eigenvalue weighted by Crippen LogP contribution is -2.59. The predicted molar refractivity (Wildman–Crippen MR) is 164 cm³/mol. The number of fused-ring (bicyclic) bond motifs is 1. The van der Waals surface area contributed by atoms with Gasteiger partial charge in [-0.05, 0) is 61.6 Å². The van der Waals surface area contributed by atoms with Gasteiger partial charge in [0.2, 0.25) is 5.95 Å². The molecule has 0 bridgehead atoms. The Hall–Kier alpha value is -4.41. The van der Waals surface area contributed by atoms with Gasteiger partial charge in [-0.15, -0.1) is 0 Å². The van der Waals surface area contributed by atoms with Gasteiger partial charge in [0, 0.05) is 48.6 Å². The number of carboxylic acid groups (broad SMARTS) is 1. The van der Waals surface area contributed by atoms with E-state index in [0.717, 1.165) is 48.1 Å². The molecule has 6 rings (SSSR count). The summed E-state index contributed by atoms with van der Waals surface area (Å²) in [6, 6.07) is 11.7. The highest BCUT2D eigenvalue weighted by Crippen LogP contribution is 2.34. The van der Waals surface area contributed by atoms with Crippen molar-refractivity contribution in [2.75, 3.05) is 29.9 Å². The zero-order valence-corrected chi connectivity index (χ0v) is 24.6. The highest BCUT2D eigenvalue weighted by atomic mass is 16.4. The van der Waals surface area contributed by atoms with Gasteiger partial charge >= 0.3 is 6.09 Å². The average Bonchev–Trinajstić information content (AvgIpc) is 3.68. The third kappa shape index (κ3) is 5.19. The van der Waals surface area contributed by atoms with Crippen LogP contribution in [-0.2, 0) is 0 Å². The van der Waals surface area contributed by atoms with Crippen molar-refractivity contribution in [3.63, 3.8) is 0 Å². The van der Waals surface area contributed by atoms with Crippen LogP contribution in [0, 0.1) is 12.3 Å². The van der Waals surface area contributed by atoms with Gasteiger partial charge in [-0.1, -0.05) is 33.6 Å². The highest BCUT2D eigenvalue weighted by Gasteiger charge is 2.38. The van der Waals surface area contributed by atoms with E-state index in [1.807, 2.05) is 47.9 Å². The maximum absolute atomic E-state index is 13.8. The van der Waals surface area contributed by atoms with E-state index in [0.29, 0.717) is 42.5 Å². The molecule has 1 aliphatic heterocycles. The quantitative estimate of drug-likeness (QED) is 0.284. The Kier molecular flexibility index (Phi) is 7.12. The number of benzene rings is 1. The molecule has 2 fully saturated rings. The van der Waals surface area contributed by atoms with Crippen LogP contribution < -0.4 is 15.8 Å². The van der Waals surface area contributed by atoms with Crippen LogP contribution in [0.1, 0.15) is 58.2 Å². The first-order valence-electron chi connectivity index (χ1n) is 14.7. The molecule has 1 atom stereocenters. The van der Waals surface area contributed by atoms with Crippen LogP contribution in [0.4, 0.5) is 22.1 Å². The summed E-state index contributed by atoms with van der Waals surface area (Å²) in [6.07, 6.45) is 4.87. The van der Waals surface area contributed by atoms with E-state index in [-0.39, 0.29) is 23.1 Å². The Morgan fingerprint density at radius 3 is 2.45 bits per heavy atom. The average molecular weight is 571 g/mol. The van der Waals surface area contributed by atoms with Gasteiger partial charge in [0.25, 0.3) is 5.56 Å². The molecule has 1 aromatic carbocycles. The van der Waals surface area contributed by atoms with E-state index in [1.165, 1.54) is 0 Å². The van der Waals surface area contributed by atoms with Gasteiger partial charge in [-0.2, -0.15) is 10.1 Å². The molecule has 4 aromatic rings. The summed E-state index contributed by atoms with van der Waals surface area (Å²) < 4.78 is 1.86. The third-order valence-electron chi connectivity index (χ3n) is 8.68. The zero-order chi connectivity index (χ0) is 29.6. The van der Waals surface area contributed by atoms with Gasteiger partial charge in [0.05, 0.1) is 23.0 Å². The Morgan fingerprint density at radius 1 is 1.07 bits per heavy atom. The first-order valence-corrected chi connectivity index (χ1v) is 14.7. The number of nitrogens with one attached hydrogen (secondary N) is 2. The second kappa shape index (κ2) is 10.8. The summed E-state index contributed by atoms with van der Waals surface area (Å²) in [5.74, 6) is 0.441. The fourth-order valence-corrected chi connectivity index (χ4v) is 6.38. The van der Waals surface area contributed by atoms with E-state index in [2.05, 4.69) is 41.2 Å². The van der Waals surface area contributed by atoms with E-state index < -0.39 is 6.09 Å². The normalized spacial score (nSPS) is 18.1. The third-order valence-corrected chi connectivity index (χ3v) is 8.68. The largest absolute Gasteiger partial charge is 0.465 e. The van der Waals surface area contributed by atoms with Gasteiger partial charge in [-0.25, -0.2) is 9.78 Å². The number of amides is 1. The molecule has 1 saturated carbocycles. The molecular weight excluding hydrogens is 532 g/mol. The van der Waals surface area contributed by atoms with Crippen molar-refractivity contribution in [1.82, 2.24) is 29.6 Å². The summed E-state index contributed by atoms with van der Waals surface area (Å²) in [6.45, 7) is 9.93. The molecular formula is C31H38N8O3. The molecule has 1 amide bonds. The predicted octanol–water partition coefficient (Wildman–Crippen LogP) is 5.56. The molecule has 220 valence electrons. The molecule has 11 nitrogen and oxygen atoms in total. The molecule has 4 heterocycles. The minimum Gasteiger partial charge on any atom is -0.465 e. The Morgan fingerprint density at radius 2 is 1.81 bits per heavy atom. The maximum Gasteiger partial charge on any atom is 0.407 e. The molecule has 42 heavy (non-hydrogen) atoms. The number of aromatic amines is 1. The Bertz CT molecular complexity index is 1650. The van der Waals surface area contributed by atoms with Crippen LogP contribution >= 0.6 is 0 Å². The number of aryl methyl sites for hydroxylation is 1.